The summed E-state index contributed by atoms with van der Waals surface area (Å²) in [5.41, 5.74) is 7.40. The van der Waals surface area contributed by atoms with Crippen molar-refractivity contribution in [2.45, 2.75) is 87.1 Å². The van der Waals surface area contributed by atoms with Crippen molar-refractivity contribution in [1.82, 2.24) is 4.90 Å². The van der Waals surface area contributed by atoms with Crippen molar-refractivity contribution in [3.05, 3.63) is 75.9 Å². The normalized spacial score (nSPS) is 15.8. The molecule has 1 aliphatic heterocycles. The molecule has 1 heterocycles. The molecule has 0 saturated heterocycles. The first-order valence-corrected chi connectivity index (χ1v) is 13.9. The van der Waals surface area contributed by atoms with Crippen LogP contribution in [0.5, 0.6) is 5.75 Å². The van der Waals surface area contributed by atoms with Gasteiger partial charge in [-0.25, -0.2) is 0 Å². The fourth-order valence-electron chi connectivity index (χ4n) is 4.65. The fourth-order valence-corrected chi connectivity index (χ4v) is 4.65. The molecule has 0 saturated carbocycles. The Kier molecular flexibility index (Phi) is 11.0. The van der Waals surface area contributed by atoms with E-state index >= 15 is 0 Å². The van der Waals surface area contributed by atoms with E-state index in [0.29, 0.717) is 12.2 Å². The summed E-state index contributed by atoms with van der Waals surface area (Å²) in [7, 11) is 1.87. The molecule has 0 spiro atoms. The standard InChI is InChI=1S/C34H46N2O2/c1-11-15-25(21-35)19-26(16-12-2)28-20-29-31(18-24(28)6)38-22-30(32(29)23(5)14-4)27(17-13-3)33(37)36(10)34(7,8)9/h12,15-20,23H,11,13-14,22H2,1-10H3/b16-12-,25-15-,26-19+,27-17+. The molecule has 0 radical (unpaired) electrons. The highest BCUT2D eigenvalue weighted by Gasteiger charge is 2.32. The third kappa shape index (κ3) is 6.95. The van der Waals surface area contributed by atoms with E-state index in [9.17, 15) is 10.1 Å². The first-order valence-electron chi connectivity index (χ1n) is 13.9. The lowest BCUT2D eigenvalue weighted by atomic mass is 9.81. The second kappa shape index (κ2) is 13.5. The van der Waals surface area contributed by atoms with E-state index in [2.05, 4.69) is 72.7 Å². The van der Waals surface area contributed by atoms with Crippen LogP contribution < -0.4 is 4.74 Å². The Balaban J connectivity index is 2.88. The lowest BCUT2D eigenvalue weighted by Crippen LogP contribution is -2.44. The van der Waals surface area contributed by atoms with Crippen molar-refractivity contribution >= 4 is 17.1 Å². The van der Waals surface area contributed by atoms with Crippen LogP contribution in [0.15, 0.2) is 59.2 Å². The highest BCUT2D eigenvalue weighted by Crippen LogP contribution is 2.43. The number of fused-ring (bicyclic) bond motifs is 1. The molecule has 0 aliphatic carbocycles. The number of aryl methyl sites for hydroxylation is 1. The van der Waals surface area contributed by atoms with Crippen LogP contribution in [0, 0.1) is 24.2 Å². The number of ether oxygens (including phenoxy) is 1. The predicted molar refractivity (Wildman–Crippen MR) is 161 cm³/mol. The number of hydrogen-bond acceptors (Lipinski definition) is 3. The summed E-state index contributed by atoms with van der Waals surface area (Å²) in [4.78, 5) is 15.6. The first kappa shape index (κ1) is 30.9. The van der Waals surface area contributed by atoms with Crippen molar-refractivity contribution in [2.75, 3.05) is 13.7 Å². The number of benzene rings is 1. The van der Waals surface area contributed by atoms with E-state index in [1.54, 1.807) is 0 Å². The maximum Gasteiger partial charge on any atom is 0.254 e. The number of amides is 1. The second-order valence-electron chi connectivity index (χ2n) is 11.0. The molecule has 1 aromatic carbocycles. The van der Waals surface area contributed by atoms with Gasteiger partial charge in [0, 0.05) is 34.9 Å². The van der Waals surface area contributed by atoms with E-state index in [4.69, 9.17) is 4.74 Å². The van der Waals surface area contributed by atoms with Gasteiger partial charge in [-0.15, -0.1) is 0 Å². The van der Waals surface area contributed by atoms with Crippen LogP contribution in [0.4, 0.5) is 0 Å². The molecular formula is C34H46N2O2. The van der Waals surface area contributed by atoms with Crippen molar-refractivity contribution in [3.8, 4) is 11.8 Å². The van der Waals surface area contributed by atoms with Crippen LogP contribution in [-0.2, 0) is 4.79 Å². The van der Waals surface area contributed by atoms with Crippen molar-refractivity contribution < 1.29 is 9.53 Å². The number of likely N-dealkylation sites (N-methyl/N-ethyl adjacent to an activating group) is 1. The Morgan fingerprint density at radius 2 is 1.84 bits per heavy atom. The summed E-state index contributed by atoms with van der Waals surface area (Å²) in [6.45, 7) is 19.1. The van der Waals surface area contributed by atoms with Gasteiger partial charge >= 0.3 is 0 Å². The van der Waals surface area contributed by atoms with Crippen LogP contribution in [0.3, 0.4) is 0 Å². The minimum Gasteiger partial charge on any atom is -0.488 e. The van der Waals surface area contributed by atoms with Gasteiger partial charge in [-0.05, 0) is 100 Å². The minimum atomic E-state index is -0.296. The van der Waals surface area contributed by atoms with Crippen LogP contribution >= 0.6 is 0 Å². The zero-order chi connectivity index (χ0) is 28.6. The molecule has 2 rings (SSSR count). The Morgan fingerprint density at radius 3 is 2.37 bits per heavy atom. The summed E-state index contributed by atoms with van der Waals surface area (Å²) >= 11 is 0. The van der Waals surface area contributed by atoms with E-state index in [-0.39, 0.29) is 17.4 Å². The summed E-state index contributed by atoms with van der Waals surface area (Å²) in [6, 6.07) is 6.61. The number of hydrogen-bond donors (Lipinski definition) is 0. The van der Waals surface area contributed by atoms with Gasteiger partial charge in [-0.1, -0.05) is 52.0 Å². The van der Waals surface area contributed by atoms with Gasteiger partial charge in [0.15, 0.2) is 0 Å². The molecule has 1 unspecified atom stereocenters. The molecule has 4 heteroatoms. The minimum absolute atomic E-state index is 0.0207. The maximum atomic E-state index is 13.8. The summed E-state index contributed by atoms with van der Waals surface area (Å²) in [5.74, 6) is 1.11. The monoisotopic (exact) mass is 514 g/mol. The number of carbonyl (C=O) groups is 1. The molecule has 4 nitrogen and oxygen atoms in total. The highest BCUT2D eigenvalue weighted by molar-refractivity contribution is 6.02. The topological polar surface area (TPSA) is 53.3 Å². The summed E-state index contributed by atoms with van der Waals surface area (Å²) in [6.07, 6.45) is 12.5. The molecule has 204 valence electrons. The zero-order valence-corrected chi connectivity index (χ0v) is 25.2. The Morgan fingerprint density at radius 1 is 1.18 bits per heavy atom. The van der Waals surface area contributed by atoms with E-state index in [0.717, 1.165) is 58.4 Å². The molecule has 0 bridgehead atoms. The molecule has 0 N–H and O–H groups in total. The van der Waals surface area contributed by atoms with Crippen LogP contribution in [0.25, 0.3) is 11.1 Å². The molecular weight excluding hydrogens is 468 g/mol. The number of carbonyl (C=O) groups excluding carboxylic acids is 1. The van der Waals surface area contributed by atoms with Crippen LogP contribution in [0.2, 0.25) is 0 Å². The second-order valence-corrected chi connectivity index (χ2v) is 11.0. The van der Waals surface area contributed by atoms with Crippen LogP contribution in [-0.4, -0.2) is 30.0 Å². The average Bonchev–Trinajstić information content (AvgIpc) is 2.88. The van der Waals surface area contributed by atoms with Gasteiger partial charge in [0.1, 0.15) is 12.4 Å². The van der Waals surface area contributed by atoms with Gasteiger partial charge in [-0.2, -0.15) is 5.26 Å². The molecule has 1 aromatic rings. The summed E-state index contributed by atoms with van der Waals surface area (Å²) in [5, 5.41) is 9.67. The SMILES string of the molecule is C\C=C/C(=C\C(C#N)=C\CC)c1cc2c(cc1C)OCC(/C(=C\CC)C(=O)N(C)C(C)(C)C)=C2C(C)CC. The zero-order valence-electron chi connectivity index (χ0n) is 25.2. The molecule has 0 aromatic heterocycles. The third-order valence-electron chi connectivity index (χ3n) is 7.22. The Labute approximate surface area is 231 Å². The molecule has 0 fully saturated rings. The quantitative estimate of drug-likeness (QED) is 0.188. The molecule has 1 amide bonds. The molecule has 38 heavy (non-hydrogen) atoms. The smallest absolute Gasteiger partial charge is 0.254 e. The predicted octanol–water partition coefficient (Wildman–Crippen LogP) is 8.60. The Bertz CT molecular complexity index is 1230. The number of nitriles is 1. The third-order valence-corrected chi connectivity index (χ3v) is 7.22. The number of nitrogens with zero attached hydrogens (tertiary/aromatic N) is 2. The van der Waals surface area contributed by atoms with Gasteiger partial charge in [-0.3, -0.25) is 4.79 Å². The average molecular weight is 515 g/mol. The lowest BCUT2D eigenvalue weighted by molar-refractivity contribution is -0.129. The van der Waals surface area contributed by atoms with Crippen molar-refractivity contribution in [1.29, 1.82) is 5.26 Å². The number of allylic oxidation sites excluding steroid dienone is 8. The van der Waals surface area contributed by atoms with E-state index in [1.165, 1.54) is 5.57 Å². The highest BCUT2D eigenvalue weighted by atomic mass is 16.5. The largest absolute Gasteiger partial charge is 0.488 e. The first-order chi connectivity index (χ1) is 17.9. The summed E-state index contributed by atoms with van der Waals surface area (Å²) < 4.78 is 6.35. The fraction of sp³-hybridized carbons (Fsp3) is 0.471. The van der Waals surface area contributed by atoms with Gasteiger partial charge in [0.2, 0.25) is 0 Å². The van der Waals surface area contributed by atoms with Crippen molar-refractivity contribution in [3.63, 3.8) is 0 Å². The van der Waals surface area contributed by atoms with Crippen LogP contribution in [0.1, 0.15) is 91.3 Å². The van der Waals surface area contributed by atoms with E-state index < -0.39 is 0 Å². The van der Waals surface area contributed by atoms with Crippen molar-refractivity contribution in [2.24, 2.45) is 5.92 Å². The van der Waals surface area contributed by atoms with E-state index in [1.807, 2.05) is 50.1 Å². The van der Waals surface area contributed by atoms with Gasteiger partial charge in [0.25, 0.3) is 5.91 Å². The maximum absolute atomic E-state index is 13.8. The molecule has 1 aliphatic rings. The molecule has 1 atom stereocenters. The number of rotatable bonds is 9. The Hall–Kier alpha value is -3.32. The lowest BCUT2D eigenvalue weighted by Gasteiger charge is -2.35. The van der Waals surface area contributed by atoms with Gasteiger partial charge < -0.3 is 9.64 Å². The van der Waals surface area contributed by atoms with Gasteiger partial charge in [0.05, 0.1) is 6.07 Å².